The molecule has 26 heavy (non-hydrogen) atoms. The number of halogens is 1. The minimum atomic E-state index is -3.80. The van der Waals surface area contributed by atoms with E-state index in [9.17, 15) is 13.2 Å². The fourth-order valence-electron chi connectivity index (χ4n) is 2.29. The van der Waals surface area contributed by atoms with E-state index in [0.717, 1.165) is 5.56 Å². The molecule has 0 aliphatic heterocycles. The van der Waals surface area contributed by atoms with Gasteiger partial charge in [-0.1, -0.05) is 23.7 Å². The van der Waals surface area contributed by atoms with Crippen molar-refractivity contribution in [1.29, 1.82) is 0 Å². The van der Waals surface area contributed by atoms with E-state index in [2.05, 4.69) is 10.0 Å². The predicted molar refractivity (Wildman–Crippen MR) is 101 cm³/mol. The third-order valence-electron chi connectivity index (χ3n) is 3.47. The smallest absolute Gasteiger partial charge is 0.251 e. The molecule has 0 aromatic heterocycles. The monoisotopic (exact) mass is 396 g/mol. The maximum Gasteiger partial charge on any atom is 0.251 e. The standard InChI is InChI=1S/C18H21ClN2O4S/c1-12(2)21-26(23,24)17-10-14(6-9-16(17)25-3)18(22)20-11-13-4-7-15(19)8-5-13/h4-10,12,21H,11H2,1-3H3,(H,20,22). The van der Waals surface area contributed by atoms with Crippen molar-refractivity contribution in [2.24, 2.45) is 0 Å². The summed E-state index contributed by atoms with van der Waals surface area (Å²) in [5.41, 5.74) is 1.11. The van der Waals surface area contributed by atoms with Crippen LogP contribution in [0.1, 0.15) is 29.8 Å². The summed E-state index contributed by atoms with van der Waals surface area (Å²) in [4.78, 5) is 12.3. The van der Waals surface area contributed by atoms with Crippen molar-refractivity contribution >= 4 is 27.5 Å². The van der Waals surface area contributed by atoms with E-state index in [-0.39, 0.29) is 28.2 Å². The Balaban J connectivity index is 2.22. The molecule has 6 nitrogen and oxygen atoms in total. The highest BCUT2D eigenvalue weighted by Crippen LogP contribution is 2.25. The van der Waals surface area contributed by atoms with Crippen molar-refractivity contribution < 1.29 is 17.9 Å². The second-order valence-electron chi connectivity index (χ2n) is 5.95. The van der Waals surface area contributed by atoms with E-state index >= 15 is 0 Å². The van der Waals surface area contributed by atoms with Gasteiger partial charge in [0.2, 0.25) is 10.0 Å². The number of carbonyl (C=O) groups excluding carboxylic acids is 1. The molecule has 2 aromatic carbocycles. The summed E-state index contributed by atoms with van der Waals surface area (Å²) in [6.45, 7) is 3.73. The fraction of sp³-hybridized carbons (Fsp3) is 0.278. The minimum absolute atomic E-state index is 0.0761. The van der Waals surface area contributed by atoms with Crippen LogP contribution >= 0.6 is 11.6 Å². The van der Waals surface area contributed by atoms with Crippen molar-refractivity contribution in [2.45, 2.75) is 31.3 Å². The normalized spacial score (nSPS) is 11.4. The van der Waals surface area contributed by atoms with E-state index in [0.29, 0.717) is 11.6 Å². The number of ether oxygens (including phenoxy) is 1. The van der Waals surface area contributed by atoms with Crippen molar-refractivity contribution in [1.82, 2.24) is 10.0 Å². The number of hydrogen-bond acceptors (Lipinski definition) is 4. The van der Waals surface area contributed by atoms with Crippen LogP contribution in [0.4, 0.5) is 0 Å². The van der Waals surface area contributed by atoms with E-state index in [4.69, 9.17) is 16.3 Å². The lowest BCUT2D eigenvalue weighted by molar-refractivity contribution is 0.0950. The summed E-state index contributed by atoms with van der Waals surface area (Å²) in [5, 5.41) is 3.37. The molecule has 0 unspecified atom stereocenters. The molecule has 2 aromatic rings. The average molecular weight is 397 g/mol. The molecule has 0 fully saturated rings. The molecular formula is C18H21ClN2O4S. The number of hydrogen-bond donors (Lipinski definition) is 2. The molecule has 2 rings (SSSR count). The molecule has 1 amide bonds. The number of nitrogens with one attached hydrogen (secondary N) is 2. The number of methoxy groups -OCH3 is 1. The Morgan fingerprint density at radius 1 is 1.15 bits per heavy atom. The van der Waals surface area contributed by atoms with Gasteiger partial charge >= 0.3 is 0 Å². The Morgan fingerprint density at radius 3 is 2.38 bits per heavy atom. The van der Waals surface area contributed by atoms with Crippen molar-refractivity contribution in [3.8, 4) is 5.75 Å². The van der Waals surface area contributed by atoms with E-state index in [1.165, 1.54) is 25.3 Å². The van der Waals surface area contributed by atoms with Gasteiger partial charge in [-0.05, 0) is 49.7 Å². The van der Waals surface area contributed by atoms with Gasteiger partial charge in [0.05, 0.1) is 7.11 Å². The lowest BCUT2D eigenvalue weighted by atomic mass is 10.2. The van der Waals surface area contributed by atoms with Crippen molar-refractivity contribution in [2.75, 3.05) is 7.11 Å². The highest BCUT2D eigenvalue weighted by Gasteiger charge is 2.22. The second-order valence-corrected chi connectivity index (χ2v) is 8.07. The zero-order chi connectivity index (χ0) is 19.3. The maximum atomic E-state index is 12.5. The lowest BCUT2D eigenvalue weighted by Gasteiger charge is -2.14. The molecule has 0 heterocycles. The topological polar surface area (TPSA) is 84.5 Å². The lowest BCUT2D eigenvalue weighted by Crippen LogP contribution is -2.31. The van der Waals surface area contributed by atoms with Gasteiger partial charge in [-0.2, -0.15) is 0 Å². The van der Waals surface area contributed by atoms with Gasteiger partial charge in [-0.25, -0.2) is 13.1 Å². The van der Waals surface area contributed by atoms with Crippen LogP contribution in [0.5, 0.6) is 5.75 Å². The van der Waals surface area contributed by atoms with Crippen LogP contribution < -0.4 is 14.8 Å². The number of sulfonamides is 1. The predicted octanol–water partition coefficient (Wildman–Crippen LogP) is 2.97. The first kappa shape index (κ1) is 20.2. The second kappa shape index (κ2) is 8.53. The third kappa shape index (κ3) is 5.20. The fourth-order valence-corrected chi connectivity index (χ4v) is 3.86. The molecule has 0 atom stereocenters. The van der Waals surface area contributed by atoms with Gasteiger partial charge in [0.15, 0.2) is 0 Å². The SMILES string of the molecule is COc1ccc(C(=O)NCc2ccc(Cl)cc2)cc1S(=O)(=O)NC(C)C. The van der Waals surface area contributed by atoms with Crippen LogP contribution in [0.25, 0.3) is 0 Å². The Labute approximate surface area is 158 Å². The molecule has 0 bridgehead atoms. The number of rotatable bonds is 7. The van der Waals surface area contributed by atoms with Gasteiger partial charge in [0, 0.05) is 23.2 Å². The highest BCUT2D eigenvalue weighted by atomic mass is 35.5. The molecule has 0 saturated heterocycles. The zero-order valence-corrected chi connectivity index (χ0v) is 16.3. The molecule has 0 saturated carbocycles. The Kier molecular flexibility index (Phi) is 6.63. The summed E-state index contributed by atoms with van der Waals surface area (Å²) < 4.78 is 32.6. The van der Waals surface area contributed by atoms with Crippen LogP contribution in [0, 0.1) is 0 Å². The number of benzene rings is 2. The van der Waals surface area contributed by atoms with E-state index in [1.807, 2.05) is 0 Å². The first-order chi connectivity index (χ1) is 12.2. The Morgan fingerprint density at radius 2 is 1.81 bits per heavy atom. The van der Waals surface area contributed by atoms with E-state index < -0.39 is 10.0 Å². The summed E-state index contributed by atoms with van der Waals surface area (Å²) in [6, 6.07) is 11.1. The van der Waals surface area contributed by atoms with Gasteiger partial charge in [0.25, 0.3) is 5.91 Å². The van der Waals surface area contributed by atoms with Gasteiger partial charge in [-0.15, -0.1) is 0 Å². The summed E-state index contributed by atoms with van der Waals surface area (Å²) in [5.74, 6) is -0.212. The van der Waals surface area contributed by atoms with Gasteiger partial charge in [-0.3, -0.25) is 4.79 Å². The molecule has 0 aliphatic rings. The summed E-state index contributed by atoms with van der Waals surface area (Å²) >= 11 is 5.83. The highest BCUT2D eigenvalue weighted by molar-refractivity contribution is 7.89. The first-order valence-electron chi connectivity index (χ1n) is 7.96. The molecule has 2 N–H and O–H groups in total. The Bertz CT molecular complexity index is 881. The summed E-state index contributed by atoms with van der Waals surface area (Å²) in [6.07, 6.45) is 0. The number of carbonyl (C=O) groups is 1. The summed E-state index contributed by atoms with van der Waals surface area (Å²) in [7, 11) is -2.42. The first-order valence-corrected chi connectivity index (χ1v) is 9.82. The van der Waals surface area contributed by atoms with Crippen LogP contribution in [0.3, 0.4) is 0 Å². The molecular weight excluding hydrogens is 376 g/mol. The van der Waals surface area contributed by atoms with Gasteiger partial charge < -0.3 is 10.1 Å². The quantitative estimate of drug-likeness (QED) is 0.753. The molecule has 0 spiro atoms. The van der Waals surface area contributed by atoms with Crippen LogP contribution in [0.15, 0.2) is 47.4 Å². The molecule has 140 valence electrons. The molecule has 0 radical (unpaired) electrons. The minimum Gasteiger partial charge on any atom is -0.495 e. The van der Waals surface area contributed by atoms with Crippen LogP contribution in [-0.2, 0) is 16.6 Å². The van der Waals surface area contributed by atoms with Crippen molar-refractivity contribution in [3.63, 3.8) is 0 Å². The zero-order valence-electron chi connectivity index (χ0n) is 14.7. The van der Waals surface area contributed by atoms with E-state index in [1.54, 1.807) is 38.1 Å². The molecule has 0 aliphatic carbocycles. The average Bonchev–Trinajstić information content (AvgIpc) is 2.59. The number of amides is 1. The molecule has 8 heteroatoms. The van der Waals surface area contributed by atoms with Gasteiger partial charge in [0.1, 0.15) is 10.6 Å². The third-order valence-corrected chi connectivity index (χ3v) is 5.40. The Hall–Kier alpha value is -2.09. The largest absolute Gasteiger partial charge is 0.495 e. The van der Waals surface area contributed by atoms with Crippen LogP contribution in [0.2, 0.25) is 5.02 Å². The van der Waals surface area contributed by atoms with Crippen molar-refractivity contribution in [3.05, 3.63) is 58.6 Å². The maximum absolute atomic E-state index is 12.5. The van der Waals surface area contributed by atoms with Crippen LogP contribution in [-0.4, -0.2) is 27.5 Å².